The molecular weight excluding hydrogens is 246 g/mol. The van der Waals surface area contributed by atoms with Crippen molar-refractivity contribution in [3.8, 4) is 0 Å². The van der Waals surface area contributed by atoms with Crippen LogP contribution < -0.4 is 5.32 Å². The summed E-state index contributed by atoms with van der Waals surface area (Å²) in [6, 6.07) is 0.272. The van der Waals surface area contributed by atoms with Crippen molar-refractivity contribution >= 4 is 21.8 Å². The second-order valence-corrected chi connectivity index (χ2v) is 4.42. The summed E-state index contributed by atoms with van der Waals surface area (Å²) in [6.45, 7) is 0. The molecule has 0 bridgehead atoms. The number of carbonyl (C=O) groups is 1. The maximum absolute atomic E-state index is 11.0. The molecule has 1 N–H and O–H groups in total. The highest BCUT2D eigenvalue weighted by atomic mass is 79.9. The molecule has 0 spiro atoms. The Morgan fingerprint density at radius 3 is 3.07 bits per heavy atom. The first-order chi connectivity index (χ1) is 6.66. The summed E-state index contributed by atoms with van der Waals surface area (Å²) in [6.07, 6.45) is 4.21. The van der Waals surface area contributed by atoms with Gasteiger partial charge in [0.2, 0.25) is 5.91 Å². The van der Waals surface area contributed by atoms with Crippen LogP contribution in [-0.4, -0.2) is 21.7 Å². The predicted molar refractivity (Wildman–Crippen MR) is 55.8 cm³/mol. The van der Waals surface area contributed by atoms with E-state index in [4.69, 9.17) is 0 Å². The Kier molecular flexibility index (Phi) is 2.58. The van der Waals surface area contributed by atoms with Crippen molar-refractivity contribution in [2.24, 2.45) is 7.05 Å². The van der Waals surface area contributed by atoms with Crippen molar-refractivity contribution < 1.29 is 4.79 Å². The Hall–Kier alpha value is -0.840. The van der Waals surface area contributed by atoms with Crippen LogP contribution in [0.2, 0.25) is 0 Å². The van der Waals surface area contributed by atoms with Crippen LogP contribution in [0, 0.1) is 0 Å². The number of carbonyl (C=O) groups excluding carboxylic acids is 1. The Bertz CT molecular complexity index is 341. The average Bonchev–Trinajstić information content (AvgIpc) is 2.67. The maximum atomic E-state index is 11.0. The molecule has 1 saturated heterocycles. The lowest BCUT2D eigenvalue weighted by molar-refractivity contribution is -0.119. The number of hydrogen-bond acceptors (Lipinski definition) is 2. The first-order valence-corrected chi connectivity index (χ1v) is 5.42. The summed E-state index contributed by atoms with van der Waals surface area (Å²) in [5, 5.41) is 7.08. The number of halogens is 1. The first kappa shape index (κ1) is 9.71. The SMILES string of the molecule is Cn1ncc(Br)c1CC1CCC(=O)N1. The normalized spacial score (nSPS) is 21.3. The summed E-state index contributed by atoms with van der Waals surface area (Å²) >= 11 is 3.44. The molecule has 1 unspecified atom stereocenters. The zero-order valence-corrected chi connectivity index (χ0v) is 9.54. The third kappa shape index (κ3) is 1.82. The van der Waals surface area contributed by atoms with Gasteiger partial charge in [0.05, 0.1) is 16.4 Å². The molecule has 2 rings (SSSR count). The zero-order chi connectivity index (χ0) is 10.1. The van der Waals surface area contributed by atoms with Crippen LogP contribution in [-0.2, 0) is 18.3 Å². The second kappa shape index (κ2) is 3.73. The minimum Gasteiger partial charge on any atom is -0.353 e. The van der Waals surface area contributed by atoms with Crippen molar-refractivity contribution in [1.29, 1.82) is 0 Å². The maximum Gasteiger partial charge on any atom is 0.220 e. The number of nitrogens with one attached hydrogen (secondary N) is 1. The number of hydrogen-bond donors (Lipinski definition) is 1. The lowest BCUT2D eigenvalue weighted by Crippen LogP contribution is -2.28. The highest BCUT2D eigenvalue weighted by molar-refractivity contribution is 9.10. The van der Waals surface area contributed by atoms with Crippen LogP contribution in [0.1, 0.15) is 18.5 Å². The fraction of sp³-hybridized carbons (Fsp3) is 0.556. The molecule has 1 atom stereocenters. The molecule has 2 heterocycles. The number of amides is 1. The van der Waals surface area contributed by atoms with E-state index in [2.05, 4.69) is 26.3 Å². The largest absolute Gasteiger partial charge is 0.353 e. The standard InChI is InChI=1S/C9H12BrN3O/c1-13-8(7(10)5-11-13)4-6-2-3-9(14)12-6/h5-6H,2-4H2,1H3,(H,12,14). The minimum absolute atomic E-state index is 0.160. The van der Waals surface area contributed by atoms with Gasteiger partial charge < -0.3 is 5.32 Å². The summed E-state index contributed by atoms with van der Waals surface area (Å²) in [4.78, 5) is 11.0. The Morgan fingerprint density at radius 2 is 2.57 bits per heavy atom. The predicted octanol–water partition coefficient (Wildman–Crippen LogP) is 1.00. The van der Waals surface area contributed by atoms with Crippen LogP contribution >= 0.6 is 15.9 Å². The second-order valence-electron chi connectivity index (χ2n) is 3.57. The Balaban J connectivity index is 2.07. The van der Waals surface area contributed by atoms with Gasteiger partial charge in [-0.1, -0.05) is 0 Å². The third-order valence-electron chi connectivity index (χ3n) is 2.54. The molecule has 0 aromatic carbocycles. The van der Waals surface area contributed by atoms with E-state index in [1.54, 1.807) is 6.20 Å². The fourth-order valence-electron chi connectivity index (χ4n) is 1.73. The quantitative estimate of drug-likeness (QED) is 0.860. The molecule has 5 heteroatoms. The number of aryl methyl sites for hydroxylation is 1. The van der Waals surface area contributed by atoms with Crippen molar-refractivity contribution in [2.75, 3.05) is 0 Å². The first-order valence-electron chi connectivity index (χ1n) is 4.62. The molecule has 1 aromatic heterocycles. The van der Waals surface area contributed by atoms with E-state index < -0.39 is 0 Å². The van der Waals surface area contributed by atoms with E-state index in [-0.39, 0.29) is 11.9 Å². The molecule has 1 fully saturated rings. The van der Waals surface area contributed by atoms with Gasteiger partial charge in [-0.05, 0) is 22.4 Å². The van der Waals surface area contributed by atoms with Crippen molar-refractivity contribution in [1.82, 2.24) is 15.1 Å². The van der Waals surface area contributed by atoms with E-state index >= 15 is 0 Å². The van der Waals surface area contributed by atoms with Gasteiger partial charge >= 0.3 is 0 Å². The molecule has 1 amide bonds. The molecule has 0 aliphatic carbocycles. The van der Waals surface area contributed by atoms with E-state index in [1.807, 2.05) is 11.7 Å². The molecule has 0 radical (unpaired) electrons. The van der Waals surface area contributed by atoms with Gasteiger partial charge in [0.25, 0.3) is 0 Å². The molecule has 1 aliphatic heterocycles. The highest BCUT2D eigenvalue weighted by Crippen LogP contribution is 2.19. The van der Waals surface area contributed by atoms with Crippen LogP contribution in [0.5, 0.6) is 0 Å². The Morgan fingerprint density at radius 1 is 1.79 bits per heavy atom. The summed E-state index contributed by atoms with van der Waals surface area (Å²) in [7, 11) is 1.91. The van der Waals surface area contributed by atoms with Gasteiger partial charge in [0.1, 0.15) is 0 Å². The summed E-state index contributed by atoms with van der Waals surface area (Å²) in [5.41, 5.74) is 1.14. The van der Waals surface area contributed by atoms with Crippen LogP contribution in [0.4, 0.5) is 0 Å². The topological polar surface area (TPSA) is 46.9 Å². The monoisotopic (exact) mass is 257 g/mol. The number of rotatable bonds is 2. The van der Waals surface area contributed by atoms with Crippen LogP contribution in [0.3, 0.4) is 0 Å². The van der Waals surface area contributed by atoms with Gasteiger partial charge in [0.15, 0.2) is 0 Å². The van der Waals surface area contributed by atoms with Crippen LogP contribution in [0.25, 0.3) is 0 Å². The van der Waals surface area contributed by atoms with Crippen molar-refractivity contribution in [2.45, 2.75) is 25.3 Å². The summed E-state index contributed by atoms with van der Waals surface area (Å²) in [5.74, 6) is 0.160. The van der Waals surface area contributed by atoms with Gasteiger partial charge in [-0.15, -0.1) is 0 Å². The smallest absolute Gasteiger partial charge is 0.220 e. The van der Waals surface area contributed by atoms with Gasteiger partial charge in [0, 0.05) is 25.9 Å². The minimum atomic E-state index is 0.160. The zero-order valence-electron chi connectivity index (χ0n) is 7.96. The molecule has 76 valence electrons. The van der Waals surface area contributed by atoms with E-state index in [9.17, 15) is 4.79 Å². The molecular formula is C9H12BrN3O. The lowest BCUT2D eigenvalue weighted by Gasteiger charge is -2.10. The van der Waals surface area contributed by atoms with Crippen LogP contribution in [0.15, 0.2) is 10.7 Å². The van der Waals surface area contributed by atoms with Gasteiger partial charge in [-0.2, -0.15) is 5.10 Å². The lowest BCUT2D eigenvalue weighted by atomic mass is 10.1. The molecule has 1 aromatic rings. The van der Waals surface area contributed by atoms with Gasteiger partial charge in [-0.3, -0.25) is 9.48 Å². The molecule has 4 nitrogen and oxygen atoms in total. The fourth-order valence-corrected chi connectivity index (χ4v) is 2.24. The third-order valence-corrected chi connectivity index (χ3v) is 3.20. The van der Waals surface area contributed by atoms with E-state index in [0.717, 1.165) is 23.0 Å². The van der Waals surface area contributed by atoms with E-state index in [0.29, 0.717) is 6.42 Å². The Labute approximate surface area is 90.8 Å². The number of aromatic nitrogens is 2. The average molecular weight is 258 g/mol. The van der Waals surface area contributed by atoms with Crippen molar-refractivity contribution in [3.63, 3.8) is 0 Å². The highest BCUT2D eigenvalue weighted by Gasteiger charge is 2.22. The molecule has 1 aliphatic rings. The number of nitrogens with zero attached hydrogens (tertiary/aromatic N) is 2. The molecule has 0 saturated carbocycles. The van der Waals surface area contributed by atoms with Crippen molar-refractivity contribution in [3.05, 3.63) is 16.4 Å². The van der Waals surface area contributed by atoms with Gasteiger partial charge in [-0.25, -0.2) is 0 Å². The van der Waals surface area contributed by atoms with E-state index in [1.165, 1.54) is 0 Å². The molecule has 14 heavy (non-hydrogen) atoms. The summed E-state index contributed by atoms with van der Waals surface area (Å²) < 4.78 is 2.86.